The second kappa shape index (κ2) is 4.07. The largest absolute Gasteiger partial charge is 0.328 e. The van der Waals surface area contributed by atoms with Gasteiger partial charge in [-0.2, -0.15) is 0 Å². The lowest BCUT2D eigenvalue weighted by atomic mass is 10.1. The van der Waals surface area contributed by atoms with Crippen LogP contribution in [0.3, 0.4) is 0 Å². The highest BCUT2D eigenvalue weighted by atomic mass is 15.2. The summed E-state index contributed by atoms with van der Waals surface area (Å²) in [5.74, 6) is 0. The van der Waals surface area contributed by atoms with Gasteiger partial charge in [0.15, 0.2) is 0 Å². The SMILES string of the molecule is NCc1ccccc1N1C=NC=CC1. The minimum atomic E-state index is 0.560. The summed E-state index contributed by atoms with van der Waals surface area (Å²) in [4.78, 5) is 6.18. The second-order valence-corrected chi connectivity index (χ2v) is 3.13. The number of benzene rings is 1. The summed E-state index contributed by atoms with van der Waals surface area (Å²) in [7, 11) is 0. The maximum absolute atomic E-state index is 5.67. The van der Waals surface area contributed by atoms with E-state index in [1.54, 1.807) is 0 Å². The first-order valence-corrected chi connectivity index (χ1v) is 4.65. The molecule has 0 saturated carbocycles. The third-order valence-corrected chi connectivity index (χ3v) is 2.22. The zero-order valence-corrected chi connectivity index (χ0v) is 7.93. The third kappa shape index (κ3) is 1.67. The van der Waals surface area contributed by atoms with Gasteiger partial charge in [0.05, 0.1) is 6.34 Å². The normalized spacial score (nSPS) is 14.8. The van der Waals surface area contributed by atoms with Crippen LogP contribution in [0.5, 0.6) is 0 Å². The van der Waals surface area contributed by atoms with E-state index in [1.807, 2.05) is 36.8 Å². The summed E-state index contributed by atoms with van der Waals surface area (Å²) in [5.41, 5.74) is 7.96. The fraction of sp³-hybridized carbons (Fsp3) is 0.182. The maximum atomic E-state index is 5.67. The van der Waals surface area contributed by atoms with Crippen molar-refractivity contribution in [3.05, 3.63) is 42.1 Å². The number of nitrogens with zero attached hydrogens (tertiary/aromatic N) is 2. The lowest BCUT2D eigenvalue weighted by Crippen LogP contribution is -2.24. The van der Waals surface area contributed by atoms with E-state index >= 15 is 0 Å². The van der Waals surface area contributed by atoms with Crippen LogP contribution in [0.15, 0.2) is 41.5 Å². The molecule has 0 aromatic heterocycles. The fourth-order valence-corrected chi connectivity index (χ4v) is 1.51. The van der Waals surface area contributed by atoms with Crippen molar-refractivity contribution in [3.8, 4) is 0 Å². The first-order valence-electron chi connectivity index (χ1n) is 4.65. The molecule has 0 radical (unpaired) electrons. The van der Waals surface area contributed by atoms with Crippen LogP contribution in [0.4, 0.5) is 5.69 Å². The standard InChI is InChI=1S/C11H13N3/c12-8-10-4-1-2-5-11(10)14-7-3-6-13-9-14/h1-6,9H,7-8,12H2. The minimum absolute atomic E-state index is 0.560. The Bertz CT molecular complexity index is 369. The molecule has 0 fully saturated rings. The van der Waals surface area contributed by atoms with Gasteiger partial charge in [-0.1, -0.05) is 18.2 Å². The Hall–Kier alpha value is -1.61. The molecule has 1 aliphatic rings. The Morgan fingerprint density at radius 2 is 2.21 bits per heavy atom. The van der Waals surface area contributed by atoms with Gasteiger partial charge < -0.3 is 10.6 Å². The molecule has 2 rings (SSSR count). The first-order chi connectivity index (χ1) is 6.92. The van der Waals surface area contributed by atoms with Crippen molar-refractivity contribution in [1.29, 1.82) is 0 Å². The van der Waals surface area contributed by atoms with Gasteiger partial charge in [-0.3, -0.25) is 0 Å². The summed E-state index contributed by atoms with van der Waals surface area (Å²) < 4.78 is 0. The van der Waals surface area contributed by atoms with Gasteiger partial charge in [0.25, 0.3) is 0 Å². The molecule has 3 heteroatoms. The molecule has 0 spiro atoms. The summed E-state index contributed by atoms with van der Waals surface area (Å²) in [5, 5.41) is 0. The van der Waals surface area contributed by atoms with E-state index in [-0.39, 0.29) is 0 Å². The van der Waals surface area contributed by atoms with E-state index in [4.69, 9.17) is 5.73 Å². The Labute approximate surface area is 83.6 Å². The van der Waals surface area contributed by atoms with Crippen LogP contribution in [-0.4, -0.2) is 12.9 Å². The second-order valence-electron chi connectivity index (χ2n) is 3.13. The summed E-state index contributed by atoms with van der Waals surface area (Å²) >= 11 is 0. The molecule has 1 aromatic carbocycles. The highest BCUT2D eigenvalue weighted by Gasteiger charge is 2.07. The Balaban J connectivity index is 2.31. The van der Waals surface area contributed by atoms with Gasteiger partial charge in [0.1, 0.15) is 0 Å². The number of rotatable bonds is 2. The Morgan fingerprint density at radius 3 is 2.93 bits per heavy atom. The van der Waals surface area contributed by atoms with E-state index in [1.165, 1.54) is 0 Å². The first kappa shape index (κ1) is 8.97. The molecule has 1 heterocycles. The smallest absolute Gasteiger partial charge is 0.0952 e. The molecule has 0 bridgehead atoms. The van der Waals surface area contributed by atoms with Crippen molar-refractivity contribution in [2.24, 2.45) is 10.7 Å². The van der Waals surface area contributed by atoms with Crippen molar-refractivity contribution < 1.29 is 0 Å². The molecule has 0 atom stereocenters. The molecular formula is C11H13N3. The lowest BCUT2D eigenvalue weighted by Gasteiger charge is -2.22. The van der Waals surface area contributed by atoms with Crippen LogP contribution in [-0.2, 0) is 6.54 Å². The zero-order valence-electron chi connectivity index (χ0n) is 7.93. The predicted molar refractivity (Wildman–Crippen MR) is 59.3 cm³/mol. The average molecular weight is 187 g/mol. The van der Waals surface area contributed by atoms with E-state index in [2.05, 4.69) is 16.0 Å². The number of hydrogen-bond acceptors (Lipinski definition) is 3. The molecule has 2 N–H and O–H groups in total. The topological polar surface area (TPSA) is 41.6 Å². The molecule has 1 aliphatic heterocycles. The number of aliphatic imine (C=N–C) groups is 1. The van der Waals surface area contributed by atoms with Crippen molar-refractivity contribution in [2.45, 2.75) is 6.54 Å². The molecule has 0 aliphatic carbocycles. The monoisotopic (exact) mass is 187 g/mol. The number of para-hydroxylation sites is 1. The van der Waals surface area contributed by atoms with Crippen LogP contribution >= 0.6 is 0 Å². The third-order valence-electron chi connectivity index (χ3n) is 2.22. The van der Waals surface area contributed by atoms with Crippen LogP contribution < -0.4 is 10.6 Å². The Kier molecular flexibility index (Phi) is 2.60. The van der Waals surface area contributed by atoms with Crippen molar-refractivity contribution in [1.82, 2.24) is 0 Å². The highest BCUT2D eigenvalue weighted by Crippen LogP contribution is 2.19. The van der Waals surface area contributed by atoms with Gasteiger partial charge in [-0.25, -0.2) is 4.99 Å². The van der Waals surface area contributed by atoms with Crippen LogP contribution in [0.1, 0.15) is 5.56 Å². The molecule has 72 valence electrons. The van der Waals surface area contributed by atoms with Crippen molar-refractivity contribution in [3.63, 3.8) is 0 Å². The van der Waals surface area contributed by atoms with Crippen LogP contribution in [0, 0.1) is 0 Å². The molecule has 0 amide bonds. The highest BCUT2D eigenvalue weighted by molar-refractivity contribution is 5.82. The van der Waals surface area contributed by atoms with E-state index < -0.39 is 0 Å². The van der Waals surface area contributed by atoms with Gasteiger partial charge >= 0.3 is 0 Å². The lowest BCUT2D eigenvalue weighted by molar-refractivity contribution is 1.03. The molecule has 0 saturated heterocycles. The molecule has 0 unspecified atom stereocenters. The summed E-state index contributed by atoms with van der Waals surface area (Å²) in [6, 6.07) is 8.12. The van der Waals surface area contributed by atoms with Gasteiger partial charge in [-0.15, -0.1) is 0 Å². The quantitative estimate of drug-likeness (QED) is 0.762. The van der Waals surface area contributed by atoms with Crippen LogP contribution in [0.2, 0.25) is 0 Å². The number of anilines is 1. The molecule has 1 aromatic rings. The minimum Gasteiger partial charge on any atom is -0.328 e. The van der Waals surface area contributed by atoms with Gasteiger partial charge in [-0.05, 0) is 17.7 Å². The van der Waals surface area contributed by atoms with E-state index in [9.17, 15) is 0 Å². The molecule has 14 heavy (non-hydrogen) atoms. The number of hydrogen-bond donors (Lipinski definition) is 1. The zero-order chi connectivity index (χ0) is 9.80. The van der Waals surface area contributed by atoms with E-state index in [0.717, 1.165) is 17.8 Å². The summed E-state index contributed by atoms with van der Waals surface area (Å²) in [6.45, 7) is 1.42. The Morgan fingerprint density at radius 1 is 1.36 bits per heavy atom. The van der Waals surface area contributed by atoms with Crippen molar-refractivity contribution >= 4 is 12.0 Å². The maximum Gasteiger partial charge on any atom is 0.0952 e. The van der Waals surface area contributed by atoms with E-state index in [0.29, 0.717) is 6.54 Å². The predicted octanol–water partition coefficient (Wildman–Crippen LogP) is 1.51. The van der Waals surface area contributed by atoms with Gasteiger partial charge in [0.2, 0.25) is 0 Å². The average Bonchev–Trinajstić information content (AvgIpc) is 2.30. The summed E-state index contributed by atoms with van der Waals surface area (Å²) in [6.07, 6.45) is 5.66. The fourth-order valence-electron chi connectivity index (χ4n) is 1.51. The number of nitrogens with two attached hydrogens (primary N) is 1. The molecule has 3 nitrogen and oxygen atoms in total. The molecular weight excluding hydrogens is 174 g/mol. The van der Waals surface area contributed by atoms with Crippen molar-refractivity contribution in [2.75, 3.05) is 11.4 Å². The van der Waals surface area contributed by atoms with Gasteiger partial charge in [0, 0.05) is 25.0 Å². The van der Waals surface area contributed by atoms with Crippen LogP contribution in [0.25, 0.3) is 0 Å².